The fraction of sp³-hybridized carbons (Fsp3) is 1.00. The Bertz CT molecular complexity index is 9.61. The van der Waals surface area contributed by atoms with E-state index >= 15 is 0 Å². The third-order valence-electron chi connectivity index (χ3n) is 0.500. The molecule has 0 rings (SSSR count). The molecular formula is C2H11NaSi2. The van der Waals surface area contributed by atoms with Gasteiger partial charge in [-0.3, -0.25) is 0 Å². The Hall–Kier alpha value is 1.43. The van der Waals surface area contributed by atoms with Crippen LogP contribution in [0.2, 0.25) is 13.1 Å². The molecule has 0 aromatic rings. The van der Waals surface area contributed by atoms with Crippen LogP contribution in [0.25, 0.3) is 0 Å². The van der Waals surface area contributed by atoms with Crippen molar-refractivity contribution in [1.82, 2.24) is 0 Å². The topological polar surface area (TPSA) is 0 Å². The average Bonchev–Trinajstić information content (AvgIpc) is 1.37. The van der Waals surface area contributed by atoms with Gasteiger partial charge in [0.05, 0.1) is 0 Å². The van der Waals surface area contributed by atoms with Gasteiger partial charge in [-0.15, -0.1) is 0 Å². The van der Waals surface area contributed by atoms with E-state index in [0.29, 0.717) is 18.1 Å². The van der Waals surface area contributed by atoms with E-state index < -0.39 is 0 Å². The Kier molecular flexibility index (Phi) is 17.5. The van der Waals surface area contributed by atoms with E-state index in [1.165, 1.54) is 0 Å². The van der Waals surface area contributed by atoms with Crippen LogP contribution in [0.4, 0.5) is 0 Å². The molecule has 5 heavy (non-hydrogen) atoms. The van der Waals surface area contributed by atoms with Crippen molar-refractivity contribution < 1.29 is 0 Å². The molecular weight excluding hydrogens is 103 g/mol. The van der Waals surface area contributed by atoms with Gasteiger partial charge in [0, 0.05) is 18.1 Å². The van der Waals surface area contributed by atoms with E-state index in [0.717, 1.165) is 0 Å². The van der Waals surface area contributed by atoms with Crippen LogP contribution in [0.15, 0.2) is 0 Å². The molecule has 0 aliphatic rings. The van der Waals surface area contributed by atoms with Crippen LogP contribution in [-0.4, -0.2) is 47.6 Å². The quantitative estimate of drug-likeness (QED) is 0.371. The molecule has 0 atom stereocenters. The first-order valence-electron chi connectivity index (χ1n) is 1.91. The molecule has 0 fully saturated rings. The zero-order chi connectivity index (χ0) is 3.41. The summed E-state index contributed by atoms with van der Waals surface area (Å²) in [7, 11) is 1.13. The van der Waals surface area contributed by atoms with Crippen LogP contribution in [0.5, 0.6) is 0 Å². The SMILES string of the molecule is C[SiH2][SiH2]C.[NaH]. The summed E-state index contributed by atoms with van der Waals surface area (Å²) in [4.78, 5) is 0. The monoisotopic (exact) mass is 114 g/mol. The summed E-state index contributed by atoms with van der Waals surface area (Å²) in [6.07, 6.45) is 0. The van der Waals surface area contributed by atoms with Crippen molar-refractivity contribution >= 4 is 47.6 Å². The Morgan fingerprint density at radius 2 is 1.20 bits per heavy atom. The molecule has 0 spiro atoms. The number of rotatable bonds is 1. The predicted octanol–water partition coefficient (Wildman–Crippen LogP) is -1.31. The molecule has 0 radical (unpaired) electrons. The fourth-order valence-electron chi connectivity index (χ4n) is 0. The van der Waals surface area contributed by atoms with Crippen LogP contribution in [0.3, 0.4) is 0 Å². The van der Waals surface area contributed by atoms with Crippen LogP contribution in [-0.2, 0) is 0 Å². The van der Waals surface area contributed by atoms with Crippen LogP contribution < -0.4 is 0 Å². The summed E-state index contributed by atoms with van der Waals surface area (Å²) in [6, 6.07) is 0. The summed E-state index contributed by atoms with van der Waals surface area (Å²) in [5.41, 5.74) is 0. The summed E-state index contributed by atoms with van der Waals surface area (Å²) >= 11 is 0. The van der Waals surface area contributed by atoms with Gasteiger partial charge >= 0.3 is 29.6 Å². The molecule has 0 aromatic carbocycles. The summed E-state index contributed by atoms with van der Waals surface area (Å²) in [5.74, 6) is 0. The molecule has 0 aromatic heterocycles. The Labute approximate surface area is 60.5 Å². The van der Waals surface area contributed by atoms with Crippen molar-refractivity contribution in [1.29, 1.82) is 0 Å². The van der Waals surface area contributed by atoms with Crippen LogP contribution in [0, 0.1) is 0 Å². The predicted molar refractivity (Wildman–Crippen MR) is 36.0 cm³/mol. The minimum absolute atomic E-state index is 0. The molecule has 28 valence electrons. The zero-order valence-corrected chi connectivity index (χ0v) is 6.24. The van der Waals surface area contributed by atoms with E-state index in [1.54, 1.807) is 0 Å². The first-order chi connectivity index (χ1) is 1.91. The summed E-state index contributed by atoms with van der Waals surface area (Å²) in [5, 5.41) is 0. The van der Waals surface area contributed by atoms with Gasteiger partial charge in [-0.25, -0.2) is 0 Å². The molecule has 0 amide bonds. The van der Waals surface area contributed by atoms with Crippen LogP contribution in [0.1, 0.15) is 0 Å². The molecule has 0 nitrogen and oxygen atoms in total. The Morgan fingerprint density at radius 3 is 1.20 bits per heavy atom. The summed E-state index contributed by atoms with van der Waals surface area (Å²) < 4.78 is 0. The van der Waals surface area contributed by atoms with Crippen molar-refractivity contribution in [2.45, 2.75) is 13.1 Å². The molecule has 0 N–H and O–H groups in total. The van der Waals surface area contributed by atoms with Crippen LogP contribution >= 0.6 is 0 Å². The maximum absolute atomic E-state index is 2.38. The van der Waals surface area contributed by atoms with Gasteiger partial charge in [0.25, 0.3) is 0 Å². The molecule has 0 saturated carbocycles. The van der Waals surface area contributed by atoms with Gasteiger partial charge in [0.1, 0.15) is 0 Å². The second-order valence-corrected chi connectivity index (χ2v) is 9.00. The van der Waals surface area contributed by atoms with E-state index in [4.69, 9.17) is 0 Å². The summed E-state index contributed by atoms with van der Waals surface area (Å²) in [6.45, 7) is 4.76. The van der Waals surface area contributed by atoms with Crippen molar-refractivity contribution in [3.63, 3.8) is 0 Å². The van der Waals surface area contributed by atoms with Crippen molar-refractivity contribution in [2.24, 2.45) is 0 Å². The third kappa shape index (κ3) is 10.8. The minimum atomic E-state index is 0. The van der Waals surface area contributed by atoms with E-state index in [1.807, 2.05) is 0 Å². The molecule has 0 bridgehead atoms. The van der Waals surface area contributed by atoms with E-state index in [9.17, 15) is 0 Å². The van der Waals surface area contributed by atoms with Gasteiger partial charge in [-0.05, 0) is 0 Å². The number of hydrogen-bond donors (Lipinski definition) is 0. The molecule has 0 heterocycles. The van der Waals surface area contributed by atoms with Gasteiger partial charge < -0.3 is 0 Å². The second kappa shape index (κ2) is 9.06. The van der Waals surface area contributed by atoms with Gasteiger partial charge in [0.2, 0.25) is 0 Å². The third-order valence-corrected chi connectivity index (χ3v) is 4.50. The van der Waals surface area contributed by atoms with E-state index in [-0.39, 0.29) is 29.6 Å². The molecule has 0 saturated heterocycles. The van der Waals surface area contributed by atoms with Crippen molar-refractivity contribution in [3.05, 3.63) is 0 Å². The molecule has 0 aliphatic carbocycles. The van der Waals surface area contributed by atoms with Crippen molar-refractivity contribution in [3.8, 4) is 0 Å². The average molecular weight is 114 g/mol. The van der Waals surface area contributed by atoms with Gasteiger partial charge in [0.15, 0.2) is 0 Å². The Morgan fingerprint density at radius 1 is 1.00 bits per heavy atom. The zero-order valence-electron chi connectivity index (χ0n) is 3.41. The fourth-order valence-corrected chi connectivity index (χ4v) is 0. The molecule has 0 unspecified atom stereocenters. The Balaban J connectivity index is 0. The van der Waals surface area contributed by atoms with Crippen molar-refractivity contribution in [2.75, 3.05) is 0 Å². The molecule has 0 aliphatic heterocycles. The number of hydrogen-bond acceptors (Lipinski definition) is 0. The van der Waals surface area contributed by atoms with Gasteiger partial charge in [-0.1, -0.05) is 13.1 Å². The first kappa shape index (κ1) is 9.66. The standard InChI is InChI=1S/C2H10Si2.Na.H/c1-3-4-2;;/h3-4H2,1-2H3;;. The first-order valence-corrected chi connectivity index (χ1v) is 8.74. The normalized spacial score (nSPS) is 10.8. The maximum atomic E-state index is 2.38. The van der Waals surface area contributed by atoms with Gasteiger partial charge in [-0.2, -0.15) is 0 Å². The van der Waals surface area contributed by atoms with E-state index in [2.05, 4.69) is 13.1 Å². The second-order valence-electron chi connectivity index (χ2n) is 1.000. The molecule has 3 heteroatoms.